The largest absolute Gasteiger partial charge is 0.416 e. The minimum absolute atomic E-state index is 0.123. The van der Waals surface area contributed by atoms with Gasteiger partial charge < -0.3 is 5.32 Å². The van der Waals surface area contributed by atoms with Crippen molar-refractivity contribution in [3.05, 3.63) is 110 Å². The molecule has 0 atom stereocenters. The molecule has 36 heavy (non-hydrogen) atoms. The van der Waals surface area contributed by atoms with E-state index in [9.17, 15) is 18.0 Å². The van der Waals surface area contributed by atoms with Crippen molar-refractivity contribution in [2.24, 2.45) is 0 Å². The second kappa shape index (κ2) is 10.6. The Hall–Kier alpha value is -2.87. The number of benzene rings is 3. The Morgan fingerprint density at radius 1 is 0.944 bits per heavy atom. The number of rotatable bonds is 5. The van der Waals surface area contributed by atoms with Crippen molar-refractivity contribution >= 4 is 45.0 Å². The first-order chi connectivity index (χ1) is 17.0. The zero-order chi connectivity index (χ0) is 26.0. The third-order valence-corrected chi connectivity index (χ3v) is 6.65. The summed E-state index contributed by atoms with van der Waals surface area (Å²) in [6, 6.07) is 18.9. The van der Waals surface area contributed by atoms with E-state index in [1.54, 1.807) is 12.1 Å². The lowest BCUT2D eigenvalue weighted by atomic mass is 9.96. The zero-order valence-corrected chi connectivity index (χ0v) is 21.9. The molecular weight excluding hydrogens is 576 g/mol. The summed E-state index contributed by atoms with van der Waals surface area (Å²) in [4.78, 5) is 17.4. The summed E-state index contributed by atoms with van der Waals surface area (Å²) in [5.74, 6) is -0.494. The Bertz CT molecular complexity index is 1420. The third-order valence-electron chi connectivity index (χ3n) is 5.57. The number of halogens is 6. The number of pyridine rings is 1. The molecule has 1 amide bonds. The smallest absolute Gasteiger partial charge is 0.348 e. The highest BCUT2D eigenvalue weighted by atomic mass is 79.9. The third kappa shape index (κ3) is 5.91. The fourth-order valence-corrected chi connectivity index (χ4v) is 4.43. The maximum Gasteiger partial charge on any atom is 0.416 e. The number of carbonyl (C=O) groups is 1. The molecule has 0 aliphatic heterocycles. The van der Waals surface area contributed by atoms with Crippen LogP contribution in [-0.2, 0) is 12.7 Å². The van der Waals surface area contributed by atoms with E-state index in [4.69, 9.17) is 28.2 Å². The molecule has 0 bridgehead atoms. The van der Waals surface area contributed by atoms with Gasteiger partial charge in [-0.15, -0.1) is 0 Å². The van der Waals surface area contributed by atoms with Crippen LogP contribution < -0.4 is 5.32 Å². The molecule has 9 heteroatoms. The molecule has 0 saturated carbocycles. The lowest BCUT2D eigenvalue weighted by Crippen LogP contribution is -2.23. The molecule has 0 unspecified atom stereocenters. The Labute approximate surface area is 224 Å². The fourth-order valence-electron chi connectivity index (χ4n) is 3.65. The molecule has 1 heterocycles. The Morgan fingerprint density at radius 3 is 2.22 bits per heavy atom. The Balaban J connectivity index is 1.67. The molecule has 3 nitrogen and oxygen atoms in total. The molecule has 0 radical (unpaired) electrons. The maximum atomic E-state index is 12.8. The zero-order valence-electron chi connectivity index (χ0n) is 18.8. The fraction of sp³-hybridized carbons (Fsp3) is 0.111. The van der Waals surface area contributed by atoms with Crippen molar-refractivity contribution in [2.75, 3.05) is 0 Å². The lowest BCUT2D eigenvalue weighted by molar-refractivity contribution is -0.137. The minimum atomic E-state index is -4.46. The number of carbonyl (C=O) groups excluding carboxylic acids is 1. The predicted octanol–water partition coefficient (Wildman–Crippen LogP) is 8.74. The van der Waals surface area contributed by atoms with Crippen LogP contribution in [-0.4, -0.2) is 10.9 Å². The standard InChI is InChI=1S/C27H18BrCl2F3N2O/c1-15-18(14-34-26(36)17-2-6-19(7-3-17)27(31,32)33)12-23(22-11-10-21(29)13-24(22)30)25(35-15)16-4-8-20(28)9-5-16/h2-13H,14H2,1H3,(H,34,36). The van der Waals surface area contributed by atoms with Gasteiger partial charge in [-0.05, 0) is 67.1 Å². The van der Waals surface area contributed by atoms with Crippen LogP contribution in [0.4, 0.5) is 13.2 Å². The normalized spacial score (nSPS) is 11.4. The van der Waals surface area contributed by atoms with E-state index in [0.717, 1.165) is 51.0 Å². The van der Waals surface area contributed by atoms with Gasteiger partial charge in [-0.1, -0.05) is 57.3 Å². The van der Waals surface area contributed by atoms with Gasteiger partial charge >= 0.3 is 6.18 Å². The van der Waals surface area contributed by atoms with Crippen molar-refractivity contribution in [1.29, 1.82) is 0 Å². The summed E-state index contributed by atoms with van der Waals surface area (Å²) in [6.45, 7) is 1.95. The number of aryl methyl sites for hydroxylation is 1. The summed E-state index contributed by atoms with van der Waals surface area (Å²) in [6.07, 6.45) is -4.46. The number of aromatic nitrogens is 1. The van der Waals surface area contributed by atoms with Gasteiger partial charge in [0.1, 0.15) is 0 Å². The van der Waals surface area contributed by atoms with Gasteiger partial charge in [0.05, 0.1) is 11.3 Å². The molecule has 4 rings (SSSR count). The summed E-state index contributed by atoms with van der Waals surface area (Å²) in [5, 5.41) is 3.71. The average Bonchev–Trinajstić information content (AvgIpc) is 2.83. The number of hydrogen-bond donors (Lipinski definition) is 1. The van der Waals surface area contributed by atoms with E-state index in [1.807, 2.05) is 43.3 Å². The number of alkyl halides is 3. The molecule has 0 fully saturated rings. The van der Waals surface area contributed by atoms with E-state index in [0.29, 0.717) is 21.4 Å². The minimum Gasteiger partial charge on any atom is -0.348 e. The van der Waals surface area contributed by atoms with E-state index < -0.39 is 17.6 Å². The van der Waals surface area contributed by atoms with Crippen molar-refractivity contribution in [1.82, 2.24) is 10.3 Å². The molecule has 3 aromatic carbocycles. The molecule has 1 aromatic heterocycles. The maximum absolute atomic E-state index is 12.8. The second-order valence-electron chi connectivity index (χ2n) is 8.02. The van der Waals surface area contributed by atoms with Gasteiger partial charge in [0, 0.05) is 49.0 Å². The highest BCUT2D eigenvalue weighted by molar-refractivity contribution is 9.10. The first-order valence-electron chi connectivity index (χ1n) is 10.7. The van der Waals surface area contributed by atoms with E-state index in [-0.39, 0.29) is 12.1 Å². The SMILES string of the molecule is Cc1nc(-c2ccc(Br)cc2)c(-c2ccc(Cl)cc2Cl)cc1CNC(=O)c1ccc(C(F)(F)F)cc1. The molecule has 0 aliphatic carbocycles. The Morgan fingerprint density at radius 2 is 1.61 bits per heavy atom. The van der Waals surface area contributed by atoms with Crippen LogP contribution in [0.2, 0.25) is 10.0 Å². The van der Waals surface area contributed by atoms with E-state index in [1.165, 1.54) is 0 Å². The number of nitrogens with zero attached hydrogens (tertiary/aromatic N) is 1. The first-order valence-corrected chi connectivity index (χ1v) is 12.2. The molecule has 0 aliphatic rings. The van der Waals surface area contributed by atoms with Crippen LogP contribution in [0.3, 0.4) is 0 Å². The predicted molar refractivity (Wildman–Crippen MR) is 140 cm³/mol. The van der Waals surface area contributed by atoms with Crippen LogP contribution in [0, 0.1) is 6.92 Å². The van der Waals surface area contributed by atoms with Crippen LogP contribution in [0.5, 0.6) is 0 Å². The van der Waals surface area contributed by atoms with Crippen LogP contribution in [0.15, 0.2) is 77.3 Å². The summed E-state index contributed by atoms with van der Waals surface area (Å²) >= 11 is 16.1. The van der Waals surface area contributed by atoms with Gasteiger partial charge in [-0.3, -0.25) is 9.78 Å². The number of amides is 1. The van der Waals surface area contributed by atoms with Crippen LogP contribution >= 0.6 is 39.1 Å². The van der Waals surface area contributed by atoms with E-state index in [2.05, 4.69) is 21.2 Å². The average molecular weight is 594 g/mol. The van der Waals surface area contributed by atoms with E-state index >= 15 is 0 Å². The van der Waals surface area contributed by atoms with Gasteiger partial charge in [0.25, 0.3) is 5.91 Å². The second-order valence-corrected chi connectivity index (χ2v) is 9.78. The number of hydrogen-bond acceptors (Lipinski definition) is 2. The van der Waals surface area contributed by atoms with Crippen LogP contribution in [0.25, 0.3) is 22.4 Å². The summed E-state index contributed by atoms with van der Waals surface area (Å²) < 4.78 is 39.4. The molecule has 0 saturated heterocycles. The molecule has 4 aromatic rings. The quantitative estimate of drug-likeness (QED) is 0.251. The highest BCUT2D eigenvalue weighted by Gasteiger charge is 2.30. The van der Waals surface area contributed by atoms with Gasteiger partial charge in [0.15, 0.2) is 0 Å². The molecule has 1 N–H and O–H groups in total. The van der Waals surface area contributed by atoms with Crippen molar-refractivity contribution < 1.29 is 18.0 Å². The lowest BCUT2D eigenvalue weighted by Gasteiger charge is -2.16. The molecule has 0 spiro atoms. The summed E-state index contributed by atoms with van der Waals surface area (Å²) in [7, 11) is 0. The van der Waals surface area contributed by atoms with Crippen LogP contribution in [0.1, 0.15) is 27.2 Å². The molecule has 184 valence electrons. The van der Waals surface area contributed by atoms with Crippen molar-refractivity contribution in [3.8, 4) is 22.4 Å². The van der Waals surface area contributed by atoms with Gasteiger partial charge in [0.2, 0.25) is 0 Å². The monoisotopic (exact) mass is 592 g/mol. The van der Waals surface area contributed by atoms with Gasteiger partial charge in [-0.25, -0.2) is 0 Å². The van der Waals surface area contributed by atoms with Crippen molar-refractivity contribution in [2.45, 2.75) is 19.6 Å². The highest BCUT2D eigenvalue weighted by Crippen LogP contribution is 2.37. The van der Waals surface area contributed by atoms with Gasteiger partial charge in [-0.2, -0.15) is 13.2 Å². The Kier molecular flexibility index (Phi) is 7.73. The molecular formula is C27H18BrCl2F3N2O. The van der Waals surface area contributed by atoms with Crippen molar-refractivity contribution in [3.63, 3.8) is 0 Å². The topological polar surface area (TPSA) is 42.0 Å². The summed E-state index contributed by atoms with van der Waals surface area (Å²) in [5.41, 5.74) is 3.80. The first kappa shape index (κ1) is 26.2. The number of nitrogens with one attached hydrogen (secondary N) is 1.